The molecule has 0 aliphatic carbocycles. The van der Waals surface area contributed by atoms with E-state index < -0.39 is 32.1 Å². The molecule has 1 N–H and O–H groups in total. The van der Waals surface area contributed by atoms with Gasteiger partial charge in [-0.15, -0.1) is 0 Å². The second kappa shape index (κ2) is 10.7. The van der Waals surface area contributed by atoms with Crippen LogP contribution in [0.1, 0.15) is 53.1 Å². The van der Waals surface area contributed by atoms with Crippen LogP contribution in [0.4, 0.5) is 4.79 Å². The maximum atomic E-state index is 12.9. The van der Waals surface area contributed by atoms with Gasteiger partial charge in [0, 0.05) is 0 Å². The van der Waals surface area contributed by atoms with E-state index in [1.807, 2.05) is 32.9 Å². The fourth-order valence-corrected chi connectivity index (χ4v) is 4.84. The Bertz CT molecular complexity index is 906. The van der Waals surface area contributed by atoms with Crippen LogP contribution < -0.4 is 4.74 Å². The van der Waals surface area contributed by atoms with E-state index in [1.54, 1.807) is 18.4 Å². The summed E-state index contributed by atoms with van der Waals surface area (Å²) in [6, 6.07) is 7.06. The number of hydrogen-bond donors (Lipinski definition) is 1. The highest BCUT2D eigenvalue weighted by atomic mass is 32.2. The average Bonchev–Trinajstić information content (AvgIpc) is 3.14. The van der Waals surface area contributed by atoms with Crippen molar-refractivity contribution in [3.63, 3.8) is 0 Å². The van der Waals surface area contributed by atoms with Crippen LogP contribution in [0.15, 0.2) is 29.3 Å². The van der Waals surface area contributed by atoms with Crippen LogP contribution in [-0.2, 0) is 14.0 Å². The van der Waals surface area contributed by atoms with Crippen molar-refractivity contribution >= 4 is 37.3 Å². The number of aliphatic imine (C=N–C) groups is 1. The minimum atomic E-state index is -2.25. The van der Waals surface area contributed by atoms with Crippen LogP contribution in [0, 0.1) is 0 Å². The first-order valence-corrected chi connectivity index (χ1v) is 15.4. The Morgan fingerprint density at radius 2 is 1.76 bits per heavy atom. The number of thioether (sulfide) groups is 1. The molecule has 0 aromatic heterocycles. The summed E-state index contributed by atoms with van der Waals surface area (Å²) in [4.78, 5) is 30.1. The summed E-state index contributed by atoms with van der Waals surface area (Å²) in [5.74, 6) is 0.144. The summed E-state index contributed by atoms with van der Waals surface area (Å²) in [6.45, 7) is 16.3. The number of carbonyl (C=O) groups excluding carboxylic acids is 1. The summed E-state index contributed by atoms with van der Waals surface area (Å²) < 4.78 is 17.9. The van der Waals surface area contributed by atoms with Gasteiger partial charge in [0.05, 0.1) is 12.6 Å². The lowest BCUT2D eigenvalue weighted by Gasteiger charge is -2.39. The molecule has 190 valence electrons. The Balaban J connectivity index is 2.12. The van der Waals surface area contributed by atoms with Gasteiger partial charge in [-0.2, -0.15) is 0 Å². The van der Waals surface area contributed by atoms with Gasteiger partial charge in [-0.3, -0.25) is 9.89 Å². The lowest BCUT2D eigenvalue weighted by Crippen LogP contribution is -2.49. The van der Waals surface area contributed by atoms with Crippen LogP contribution in [0.5, 0.6) is 5.75 Å². The molecule has 2 atom stereocenters. The van der Waals surface area contributed by atoms with E-state index in [-0.39, 0.29) is 24.2 Å². The van der Waals surface area contributed by atoms with Gasteiger partial charge >= 0.3 is 12.1 Å². The number of ether oxygens (including phenoxy) is 2. The van der Waals surface area contributed by atoms with Crippen LogP contribution in [0.25, 0.3) is 0 Å². The van der Waals surface area contributed by atoms with E-state index in [0.29, 0.717) is 10.9 Å². The van der Waals surface area contributed by atoms with Crippen LogP contribution in [0.2, 0.25) is 18.1 Å². The van der Waals surface area contributed by atoms with Gasteiger partial charge in [-0.1, -0.05) is 44.7 Å². The number of hydrogen-bond acceptors (Lipinski definition) is 7. The molecular formula is C24H38N2O6SSi. The molecule has 0 fully saturated rings. The highest BCUT2D eigenvalue weighted by Gasteiger charge is 2.42. The Morgan fingerprint density at radius 3 is 2.21 bits per heavy atom. The smallest absolute Gasteiger partial charge is 0.413 e. The van der Waals surface area contributed by atoms with Crippen LogP contribution in [0.3, 0.4) is 0 Å². The van der Waals surface area contributed by atoms with E-state index in [0.717, 1.165) is 5.56 Å². The van der Waals surface area contributed by atoms with E-state index in [1.165, 1.54) is 16.7 Å². The molecule has 1 aliphatic rings. The number of carboxylic acid groups (broad SMARTS) is 1. The molecule has 0 saturated carbocycles. The molecule has 0 saturated heterocycles. The summed E-state index contributed by atoms with van der Waals surface area (Å²) in [5.41, 5.74) is 0.263. The summed E-state index contributed by atoms with van der Waals surface area (Å²) >= 11 is 1.31. The number of nitrogens with zero attached hydrogens (tertiary/aromatic N) is 2. The fraction of sp³-hybridized carbons (Fsp3) is 0.625. The summed E-state index contributed by atoms with van der Waals surface area (Å²) in [5, 5.41) is 9.77. The topological polar surface area (TPSA) is 97.7 Å². The van der Waals surface area contributed by atoms with E-state index in [4.69, 9.17) is 13.9 Å². The van der Waals surface area contributed by atoms with Gasteiger partial charge in [-0.05, 0) is 62.9 Å². The minimum absolute atomic E-state index is 0.0335. The van der Waals surface area contributed by atoms with Crippen molar-refractivity contribution in [1.29, 1.82) is 0 Å². The lowest BCUT2D eigenvalue weighted by atomic mass is 10.1. The van der Waals surface area contributed by atoms with E-state index in [9.17, 15) is 14.7 Å². The molecule has 0 radical (unpaired) electrons. The number of rotatable bonds is 7. The molecule has 34 heavy (non-hydrogen) atoms. The number of benzene rings is 1. The van der Waals surface area contributed by atoms with Crippen LogP contribution >= 0.6 is 11.8 Å². The highest BCUT2D eigenvalue weighted by molar-refractivity contribution is 8.13. The lowest BCUT2D eigenvalue weighted by molar-refractivity contribution is -0.165. The molecule has 1 aromatic carbocycles. The Labute approximate surface area is 208 Å². The number of amidine groups is 1. The van der Waals surface area contributed by atoms with Crippen molar-refractivity contribution in [2.75, 3.05) is 19.4 Å². The molecule has 0 spiro atoms. The first-order valence-electron chi connectivity index (χ1n) is 11.3. The zero-order valence-corrected chi connectivity index (χ0v) is 23.5. The maximum Gasteiger partial charge on any atom is 0.413 e. The third kappa shape index (κ3) is 7.48. The van der Waals surface area contributed by atoms with Crippen molar-refractivity contribution in [1.82, 2.24) is 4.90 Å². The number of esters is 1. The normalized spacial score (nSPS) is 17.9. The zero-order valence-electron chi connectivity index (χ0n) is 21.7. The molecule has 0 unspecified atom stereocenters. The third-order valence-corrected chi connectivity index (χ3v) is 11.0. The Morgan fingerprint density at radius 1 is 1.18 bits per heavy atom. The van der Waals surface area contributed by atoms with Crippen molar-refractivity contribution < 1.29 is 28.6 Å². The molecule has 1 amide bonds. The molecule has 8 nitrogen and oxygen atoms in total. The molecule has 10 heteroatoms. The Hall–Kier alpha value is -2.04. The number of carbonyl (C=O) groups is 2. The standard InChI is InChI=1S/C24H38N2O6SSi/c1-23(2,3)31-20(27)19(32-34(8,9)24(4,5)6)15-30-17-12-10-16(11-13-17)18-14-26(22(28)29)21(25-18)33-7/h10-13,18-19H,14-15H2,1-9H3,(H,28,29)/t18-,19-/m1/s1. The SMILES string of the molecule is CSC1=N[C@@H](c2ccc(OC[C@@H](O[Si](C)(C)C(C)(C)C)C(=O)OC(C)(C)C)cc2)CN1C(=O)O. The molecule has 1 heterocycles. The van der Waals surface area contributed by atoms with Crippen LogP contribution in [-0.4, -0.2) is 66.7 Å². The van der Waals surface area contributed by atoms with Crippen molar-refractivity contribution in [2.24, 2.45) is 4.99 Å². The average molecular weight is 511 g/mol. The van der Waals surface area contributed by atoms with E-state index in [2.05, 4.69) is 38.9 Å². The summed E-state index contributed by atoms with van der Waals surface area (Å²) in [6.07, 6.45) is -0.0425. The first kappa shape index (κ1) is 28.2. The summed E-state index contributed by atoms with van der Waals surface area (Å²) in [7, 11) is -2.25. The monoisotopic (exact) mass is 510 g/mol. The Kier molecular flexibility index (Phi) is 8.87. The van der Waals surface area contributed by atoms with Gasteiger partial charge < -0.3 is 19.0 Å². The number of amides is 1. The third-order valence-electron chi connectivity index (χ3n) is 5.85. The van der Waals surface area contributed by atoms with Crippen molar-refractivity contribution in [3.8, 4) is 5.75 Å². The van der Waals surface area contributed by atoms with Gasteiger partial charge in [0.25, 0.3) is 0 Å². The quantitative estimate of drug-likeness (QED) is 0.379. The largest absolute Gasteiger partial charge is 0.490 e. The van der Waals surface area contributed by atoms with Gasteiger partial charge in [0.1, 0.15) is 18.0 Å². The van der Waals surface area contributed by atoms with Gasteiger partial charge in [-0.25, -0.2) is 9.59 Å². The predicted octanol–water partition coefficient (Wildman–Crippen LogP) is 5.55. The molecule has 2 rings (SSSR count). The second-order valence-corrected chi connectivity index (χ2v) is 16.3. The second-order valence-electron chi connectivity index (χ2n) is 10.8. The first-order chi connectivity index (χ1) is 15.5. The molecule has 1 aromatic rings. The van der Waals surface area contributed by atoms with E-state index >= 15 is 0 Å². The van der Waals surface area contributed by atoms with Gasteiger partial charge in [0.2, 0.25) is 0 Å². The minimum Gasteiger partial charge on any atom is -0.490 e. The van der Waals surface area contributed by atoms with Gasteiger partial charge in [0.15, 0.2) is 19.6 Å². The maximum absolute atomic E-state index is 12.9. The molecule has 1 aliphatic heterocycles. The zero-order chi connectivity index (χ0) is 25.9. The molecular weight excluding hydrogens is 472 g/mol. The molecule has 0 bridgehead atoms. The van der Waals surface area contributed by atoms with Crippen molar-refractivity contribution in [3.05, 3.63) is 29.8 Å². The predicted molar refractivity (Wildman–Crippen MR) is 138 cm³/mol. The van der Waals surface area contributed by atoms with Crippen molar-refractivity contribution in [2.45, 2.75) is 77.4 Å². The fourth-order valence-electron chi connectivity index (χ4n) is 3.01. The highest BCUT2D eigenvalue weighted by Crippen LogP contribution is 2.37.